The van der Waals surface area contributed by atoms with Gasteiger partial charge in [-0.3, -0.25) is 9.59 Å². The number of nitrogens with zero attached hydrogens (tertiary/aromatic N) is 1. The van der Waals surface area contributed by atoms with E-state index in [2.05, 4.69) is 4.98 Å². The van der Waals surface area contributed by atoms with Crippen LogP contribution in [0.2, 0.25) is 0 Å². The molecule has 0 unspecified atom stereocenters. The van der Waals surface area contributed by atoms with Gasteiger partial charge in [0.05, 0.1) is 6.54 Å². The number of likely N-dealkylation sites (N-methyl/N-ethyl adjacent to an activating group) is 1. The average Bonchev–Trinajstić information content (AvgIpc) is 2.46. The Labute approximate surface area is 123 Å². The largest absolute Gasteiger partial charge is 0.492 e. The van der Waals surface area contributed by atoms with Crippen molar-refractivity contribution in [3.8, 4) is 5.75 Å². The maximum absolute atomic E-state index is 12.1. The van der Waals surface area contributed by atoms with Gasteiger partial charge in [0.1, 0.15) is 18.1 Å². The van der Waals surface area contributed by atoms with Gasteiger partial charge in [-0.05, 0) is 30.7 Å². The first kappa shape index (κ1) is 14.8. The molecule has 5 heteroatoms. The Morgan fingerprint density at radius 3 is 2.71 bits per heavy atom. The molecule has 0 saturated heterocycles. The number of hydrogen-bond donors (Lipinski definition) is 1. The number of amides is 1. The summed E-state index contributed by atoms with van der Waals surface area (Å²) < 4.78 is 5.60. The molecule has 0 saturated carbocycles. The number of ether oxygens (including phenoxy) is 1. The molecule has 21 heavy (non-hydrogen) atoms. The van der Waals surface area contributed by atoms with Crippen LogP contribution in [0.25, 0.3) is 0 Å². The molecular weight excluding hydrogens is 268 g/mol. The fourth-order valence-electron chi connectivity index (χ4n) is 1.89. The number of aromatic amines is 1. The Kier molecular flexibility index (Phi) is 4.77. The molecule has 5 nitrogen and oxygen atoms in total. The van der Waals surface area contributed by atoms with Crippen LogP contribution < -0.4 is 10.3 Å². The highest BCUT2D eigenvalue weighted by Crippen LogP contribution is 2.12. The van der Waals surface area contributed by atoms with Gasteiger partial charge in [0.25, 0.3) is 5.91 Å². The number of pyridine rings is 1. The minimum atomic E-state index is -0.287. The van der Waals surface area contributed by atoms with Crippen molar-refractivity contribution in [2.75, 3.05) is 20.2 Å². The number of aryl methyl sites for hydroxylation is 1. The average molecular weight is 286 g/mol. The molecule has 2 aromatic rings. The van der Waals surface area contributed by atoms with E-state index < -0.39 is 0 Å². The summed E-state index contributed by atoms with van der Waals surface area (Å²) in [7, 11) is 1.67. The van der Waals surface area contributed by atoms with Crippen LogP contribution in [0, 0.1) is 6.92 Å². The molecule has 1 heterocycles. The molecule has 2 rings (SSSR count). The molecule has 0 bridgehead atoms. The molecular formula is C16H18N2O3. The van der Waals surface area contributed by atoms with Crippen molar-refractivity contribution >= 4 is 5.91 Å². The van der Waals surface area contributed by atoms with Gasteiger partial charge in [-0.25, -0.2) is 0 Å². The number of nitrogens with one attached hydrogen (secondary N) is 1. The maximum atomic E-state index is 12.1. The van der Waals surface area contributed by atoms with E-state index in [0.717, 1.165) is 11.3 Å². The molecule has 1 aromatic carbocycles. The number of H-pyrrole nitrogens is 1. The number of rotatable bonds is 5. The first-order valence-corrected chi connectivity index (χ1v) is 6.70. The zero-order valence-corrected chi connectivity index (χ0v) is 12.1. The van der Waals surface area contributed by atoms with Crippen LogP contribution in [0.15, 0.2) is 47.3 Å². The molecule has 1 aromatic heterocycles. The fourth-order valence-corrected chi connectivity index (χ4v) is 1.89. The van der Waals surface area contributed by atoms with Crippen LogP contribution in [-0.4, -0.2) is 36.0 Å². The van der Waals surface area contributed by atoms with Crippen LogP contribution in [0.5, 0.6) is 5.75 Å². The summed E-state index contributed by atoms with van der Waals surface area (Å²) in [6.07, 6.45) is 0. The molecule has 0 atom stereocenters. The predicted octanol–water partition coefficient (Wildman–Crippen LogP) is 1.83. The quantitative estimate of drug-likeness (QED) is 0.912. The summed E-state index contributed by atoms with van der Waals surface area (Å²) in [6.45, 7) is 2.82. The standard InChI is InChI=1S/C16H18N2O3/c1-12-5-3-6-13(11-12)21-10-9-18(2)16(20)14-7-4-8-15(19)17-14/h3-8,11H,9-10H2,1-2H3,(H,17,19). The minimum absolute atomic E-state index is 0.236. The van der Waals surface area contributed by atoms with E-state index in [1.54, 1.807) is 19.2 Å². The van der Waals surface area contributed by atoms with Gasteiger partial charge >= 0.3 is 0 Å². The van der Waals surface area contributed by atoms with Gasteiger partial charge in [-0.2, -0.15) is 0 Å². The third-order valence-corrected chi connectivity index (χ3v) is 3.03. The molecule has 0 aliphatic rings. The van der Waals surface area contributed by atoms with Gasteiger partial charge in [0.2, 0.25) is 5.56 Å². The highest BCUT2D eigenvalue weighted by Gasteiger charge is 2.12. The van der Waals surface area contributed by atoms with Crippen molar-refractivity contribution in [2.45, 2.75) is 6.92 Å². The van der Waals surface area contributed by atoms with Crippen molar-refractivity contribution in [3.63, 3.8) is 0 Å². The van der Waals surface area contributed by atoms with Crippen molar-refractivity contribution in [1.82, 2.24) is 9.88 Å². The minimum Gasteiger partial charge on any atom is -0.492 e. The van der Waals surface area contributed by atoms with E-state index in [-0.39, 0.29) is 17.2 Å². The van der Waals surface area contributed by atoms with Gasteiger partial charge < -0.3 is 14.6 Å². The SMILES string of the molecule is Cc1cccc(OCCN(C)C(=O)c2cccc(=O)[nH]2)c1. The number of carbonyl (C=O) groups is 1. The second-order valence-corrected chi connectivity index (χ2v) is 4.82. The number of carbonyl (C=O) groups excluding carboxylic acids is 1. The molecule has 0 spiro atoms. The molecule has 1 amide bonds. The van der Waals surface area contributed by atoms with Gasteiger partial charge in [0, 0.05) is 13.1 Å². The van der Waals surface area contributed by atoms with E-state index >= 15 is 0 Å². The summed E-state index contributed by atoms with van der Waals surface area (Å²) in [5, 5.41) is 0. The Bertz CT molecular complexity index is 679. The topological polar surface area (TPSA) is 62.4 Å². The van der Waals surface area contributed by atoms with E-state index in [4.69, 9.17) is 4.74 Å². The van der Waals surface area contributed by atoms with Gasteiger partial charge in [-0.1, -0.05) is 18.2 Å². The lowest BCUT2D eigenvalue weighted by molar-refractivity contribution is 0.0767. The van der Waals surface area contributed by atoms with Crippen LogP contribution in [-0.2, 0) is 0 Å². The van der Waals surface area contributed by atoms with Crippen LogP contribution in [0.1, 0.15) is 16.1 Å². The molecule has 110 valence electrons. The van der Waals surface area contributed by atoms with Gasteiger partial charge in [0.15, 0.2) is 0 Å². The molecule has 0 fully saturated rings. The molecule has 0 aliphatic carbocycles. The molecule has 0 aliphatic heterocycles. The van der Waals surface area contributed by atoms with E-state index in [1.165, 1.54) is 11.0 Å². The number of hydrogen-bond acceptors (Lipinski definition) is 3. The molecule has 1 N–H and O–H groups in total. The van der Waals surface area contributed by atoms with E-state index in [0.29, 0.717) is 13.2 Å². The van der Waals surface area contributed by atoms with Crippen LogP contribution in [0.3, 0.4) is 0 Å². The lowest BCUT2D eigenvalue weighted by atomic mass is 10.2. The lowest BCUT2D eigenvalue weighted by Crippen LogP contribution is -2.32. The predicted molar refractivity (Wildman–Crippen MR) is 80.7 cm³/mol. The van der Waals surface area contributed by atoms with Crippen molar-refractivity contribution < 1.29 is 9.53 Å². The van der Waals surface area contributed by atoms with E-state index in [1.807, 2.05) is 31.2 Å². The first-order chi connectivity index (χ1) is 10.1. The zero-order valence-electron chi connectivity index (χ0n) is 12.1. The van der Waals surface area contributed by atoms with Crippen molar-refractivity contribution in [3.05, 3.63) is 64.1 Å². The monoisotopic (exact) mass is 286 g/mol. The highest BCUT2D eigenvalue weighted by molar-refractivity contribution is 5.91. The maximum Gasteiger partial charge on any atom is 0.270 e. The third kappa shape index (κ3) is 4.21. The number of benzene rings is 1. The normalized spacial score (nSPS) is 10.2. The summed E-state index contributed by atoms with van der Waals surface area (Å²) in [4.78, 5) is 27.3. The summed E-state index contributed by atoms with van der Waals surface area (Å²) in [5.74, 6) is 0.546. The third-order valence-electron chi connectivity index (χ3n) is 3.03. The lowest BCUT2D eigenvalue weighted by Gasteiger charge is -2.17. The van der Waals surface area contributed by atoms with Crippen molar-refractivity contribution in [2.24, 2.45) is 0 Å². The van der Waals surface area contributed by atoms with Gasteiger partial charge in [-0.15, -0.1) is 0 Å². The number of aromatic nitrogens is 1. The first-order valence-electron chi connectivity index (χ1n) is 6.70. The highest BCUT2D eigenvalue weighted by atomic mass is 16.5. The Balaban J connectivity index is 1.88. The molecule has 0 radical (unpaired) electrons. The summed E-state index contributed by atoms with van der Waals surface area (Å²) in [6, 6.07) is 12.3. The van der Waals surface area contributed by atoms with Crippen LogP contribution in [0.4, 0.5) is 0 Å². The Morgan fingerprint density at radius 1 is 1.24 bits per heavy atom. The summed E-state index contributed by atoms with van der Waals surface area (Å²) in [5.41, 5.74) is 1.12. The summed E-state index contributed by atoms with van der Waals surface area (Å²) >= 11 is 0. The Hall–Kier alpha value is -2.56. The Morgan fingerprint density at radius 2 is 2.00 bits per heavy atom. The van der Waals surface area contributed by atoms with E-state index in [9.17, 15) is 9.59 Å². The second-order valence-electron chi connectivity index (χ2n) is 4.82. The fraction of sp³-hybridized carbons (Fsp3) is 0.250. The van der Waals surface area contributed by atoms with Crippen LogP contribution >= 0.6 is 0 Å². The zero-order chi connectivity index (χ0) is 15.2. The second kappa shape index (κ2) is 6.74. The van der Waals surface area contributed by atoms with Crippen molar-refractivity contribution in [1.29, 1.82) is 0 Å². The smallest absolute Gasteiger partial charge is 0.270 e.